The van der Waals surface area contributed by atoms with Gasteiger partial charge >= 0.3 is 0 Å². The van der Waals surface area contributed by atoms with Gasteiger partial charge in [0.25, 0.3) is 0 Å². The molecule has 1 heterocycles. The van der Waals surface area contributed by atoms with E-state index in [2.05, 4.69) is 0 Å². The third-order valence-electron chi connectivity index (χ3n) is 2.53. The standard InChI is InChI=1S/C14H14O4S/c1-16-11-5-3-6-12(17-2)14(11)18-9-10(15)13-7-4-8-19-13/h3-8H,9H2,1-2H3. The second kappa shape index (κ2) is 6.24. The number of ketones is 1. The lowest BCUT2D eigenvalue weighted by molar-refractivity contribution is 0.0921. The van der Waals surface area contributed by atoms with Gasteiger partial charge in [-0.15, -0.1) is 11.3 Å². The number of carbonyl (C=O) groups is 1. The average molecular weight is 278 g/mol. The molecule has 0 aliphatic carbocycles. The predicted octanol–water partition coefficient (Wildman–Crippen LogP) is 3.03. The highest BCUT2D eigenvalue weighted by Crippen LogP contribution is 2.36. The van der Waals surface area contributed by atoms with Crippen molar-refractivity contribution in [1.29, 1.82) is 0 Å². The molecule has 0 atom stereocenters. The summed E-state index contributed by atoms with van der Waals surface area (Å²) in [5.74, 6) is 1.46. The van der Waals surface area contributed by atoms with Gasteiger partial charge in [-0.1, -0.05) is 12.1 Å². The Balaban J connectivity index is 2.12. The van der Waals surface area contributed by atoms with Gasteiger partial charge in [-0.05, 0) is 23.6 Å². The van der Waals surface area contributed by atoms with Gasteiger partial charge in [0.05, 0.1) is 19.1 Å². The minimum Gasteiger partial charge on any atom is -0.493 e. The van der Waals surface area contributed by atoms with Crippen molar-refractivity contribution in [3.8, 4) is 17.2 Å². The zero-order valence-electron chi connectivity index (χ0n) is 10.7. The van der Waals surface area contributed by atoms with Crippen LogP contribution in [0.25, 0.3) is 0 Å². The number of para-hydroxylation sites is 1. The molecule has 0 amide bonds. The van der Waals surface area contributed by atoms with Gasteiger partial charge in [0.15, 0.2) is 18.1 Å². The van der Waals surface area contributed by atoms with Crippen molar-refractivity contribution in [2.75, 3.05) is 20.8 Å². The number of ether oxygens (including phenoxy) is 3. The minimum atomic E-state index is -0.0667. The van der Waals surface area contributed by atoms with Crippen LogP contribution in [0, 0.1) is 0 Å². The normalized spacial score (nSPS) is 10.0. The molecule has 0 radical (unpaired) electrons. The summed E-state index contributed by atoms with van der Waals surface area (Å²) < 4.78 is 15.9. The van der Waals surface area contributed by atoms with Crippen LogP contribution in [0.3, 0.4) is 0 Å². The summed E-state index contributed by atoms with van der Waals surface area (Å²) in [4.78, 5) is 12.6. The molecule has 2 aromatic rings. The second-order valence-electron chi connectivity index (χ2n) is 3.68. The van der Waals surface area contributed by atoms with E-state index in [4.69, 9.17) is 14.2 Å². The Bertz CT molecular complexity index is 526. The molecule has 5 heteroatoms. The maximum absolute atomic E-state index is 11.9. The number of Topliss-reactive ketones (excluding diaryl/α,β-unsaturated/α-hetero) is 1. The van der Waals surface area contributed by atoms with Gasteiger partial charge in [-0.25, -0.2) is 0 Å². The van der Waals surface area contributed by atoms with Gasteiger partial charge in [0.1, 0.15) is 0 Å². The third kappa shape index (κ3) is 3.06. The van der Waals surface area contributed by atoms with E-state index < -0.39 is 0 Å². The highest BCUT2D eigenvalue weighted by atomic mass is 32.1. The van der Waals surface area contributed by atoms with E-state index in [9.17, 15) is 4.79 Å². The SMILES string of the molecule is COc1cccc(OC)c1OCC(=O)c1cccs1. The molecule has 0 N–H and O–H groups in total. The Morgan fingerprint density at radius 3 is 2.32 bits per heavy atom. The first kappa shape index (κ1) is 13.4. The Labute approximate surface area is 115 Å². The maximum Gasteiger partial charge on any atom is 0.210 e. The average Bonchev–Trinajstić information content (AvgIpc) is 2.98. The first-order valence-corrected chi connectivity index (χ1v) is 6.54. The van der Waals surface area contributed by atoms with Crippen LogP contribution < -0.4 is 14.2 Å². The largest absolute Gasteiger partial charge is 0.493 e. The van der Waals surface area contributed by atoms with Gasteiger partial charge in [-0.2, -0.15) is 0 Å². The summed E-state index contributed by atoms with van der Waals surface area (Å²) in [6, 6.07) is 8.92. The van der Waals surface area contributed by atoms with E-state index in [1.165, 1.54) is 11.3 Å². The Hall–Kier alpha value is -2.01. The molecule has 1 aromatic carbocycles. The fourth-order valence-electron chi connectivity index (χ4n) is 1.61. The molecule has 0 aliphatic heterocycles. The number of benzene rings is 1. The lowest BCUT2D eigenvalue weighted by Gasteiger charge is -2.13. The molecule has 100 valence electrons. The summed E-state index contributed by atoms with van der Waals surface area (Å²) in [7, 11) is 3.09. The monoisotopic (exact) mass is 278 g/mol. The maximum atomic E-state index is 11.9. The molecule has 0 spiro atoms. The van der Waals surface area contributed by atoms with Crippen molar-refractivity contribution in [2.45, 2.75) is 0 Å². The molecule has 0 aliphatic rings. The van der Waals surface area contributed by atoms with Gasteiger partial charge in [0, 0.05) is 0 Å². The van der Waals surface area contributed by atoms with Crippen LogP contribution in [-0.2, 0) is 0 Å². The first-order valence-electron chi connectivity index (χ1n) is 5.66. The summed E-state index contributed by atoms with van der Waals surface area (Å²) in [5.41, 5.74) is 0. The molecule has 0 fully saturated rings. The molecule has 0 saturated heterocycles. The molecule has 0 saturated carbocycles. The predicted molar refractivity (Wildman–Crippen MR) is 73.7 cm³/mol. The van der Waals surface area contributed by atoms with E-state index in [-0.39, 0.29) is 12.4 Å². The number of hydrogen-bond donors (Lipinski definition) is 0. The van der Waals surface area contributed by atoms with E-state index >= 15 is 0 Å². The summed E-state index contributed by atoms with van der Waals surface area (Å²) >= 11 is 1.39. The number of methoxy groups -OCH3 is 2. The quantitative estimate of drug-likeness (QED) is 0.762. The van der Waals surface area contributed by atoms with Crippen LogP contribution in [0.4, 0.5) is 0 Å². The Morgan fingerprint density at radius 1 is 1.11 bits per heavy atom. The van der Waals surface area contributed by atoms with Crippen LogP contribution in [-0.4, -0.2) is 26.6 Å². The molecule has 0 unspecified atom stereocenters. The van der Waals surface area contributed by atoms with Crippen molar-refractivity contribution in [3.63, 3.8) is 0 Å². The van der Waals surface area contributed by atoms with Crippen molar-refractivity contribution < 1.29 is 19.0 Å². The lowest BCUT2D eigenvalue weighted by atomic mass is 10.3. The van der Waals surface area contributed by atoms with Crippen molar-refractivity contribution >= 4 is 17.1 Å². The Morgan fingerprint density at radius 2 is 1.79 bits per heavy atom. The molecule has 2 rings (SSSR count). The molecular formula is C14H14O4S. The first-order chi connectivity index (χ1) is 9.26. The number of hydrogen-bond acceptors (Lipinski definition) is 5. The topological polar surface area (TPSA) is 44.8 Å². The van der Waals surface area contributed by atoms with E-state index in [0.29, 0.717) is 22.1 Å². The van der Waals surface area contributed by atoms with Crippen LogP contribution in [0.1, 0.15) is 9.67 Å². The van der Waals surface area contributed by atoms with Gasteiger partial charge in [-0.3, -0.25) is 4.79 Å². The zero-order chi connectivity index (χ0) is 13.7. The van der Waals surface area contributed by atoms with E-state index in [1.54, 1.807) is 38.5 Å². The smallest absolute Gasteiger partial charge is 0.210 e. The fraction of sp³-hybridized carbons (Fsp3) is 0.214. The lowest BCUT2D eigenvalue weighted by Crippen LogP contribution is -2.11. The molecule has 19 heavy (non-hydrogen) atoms. The Kier molecular flexibility index (Phi) is 4.41. The van der Waals surface area contributed by atoms with Gasteiger partial charge in [0.2, 0.25) is 11.5 Å². The van der Waals surface area contributed by atoms with Crippen molar-refractivity contribution in [2.24, 2.45) is 0 Å². The summed E-state index contributed by atoms with van der Waals surface area (Å²) in [6.07, 6.45) is 0. The fourth-order valence-corrected chi connectivity index (χ4v) is 2.26. The highest BCUT2D eigenvalue weighted by molar-refractivity contribution is 7.12. The van der Waals surface area contributed by atoms with Crippen molar-refractivity contribution in [3.05, 3.63) is 40.6 Å². The van der Waals surface area contributed by atoms with Crippen LogP contribution >= 0.6 is 11.3 Å². The summed E-state index contributed by atoms with van der Waals surface area (Å²) in [5, 5.41) is 1.86. The molecule has 0 bridgehead atoms. The van der Waals surface area contributed by atoms with Crippen LogP contribution in [0.15, 0.2) is 35.7 Å². The number of carbonyl (C=O) groups excluding carboxylic acids is 1. The zero-order valence-corrected chi connectivity index (χ0v) is 11.5. The molecular weight excluding hydrogens is 264 g/mol. The summed E-state index contributed by atoms with van der Waals surface area (Å²) in [6.45, 7) is -0.0444. The minimum absolute atomic E-state index is 0.0444. The molecule has 1 aromatic heterocycles. The number of rotatable bonds is 6. The van der Waals surface area contributed by atoms with E-state index in [1.807, 2.05) is 11.4 Å². The highest BCUT2D eigenvalue weighted by Gasteiger charge is 2.14. The second-order valence-corrected chi connectivity index (χ2v) is 4.63. The van der Waals surface area contributed by atoms with Crippen molar-refractivity contribution in [1.82, 2.24) is 0 Å². The van der Waals surface area contributed by atoms with Gasteiger partial charge < -0.3 is 14.2 Å². The third-order valence-corrected chi connectivity index (χ3v) is 3.44. The van der Waals surface area contributed by atoms with Crippen LogP contribution in [0.5, 0.6) is 17.2 Å². The number of thiophene rings is 1. The van der Waals surface area contributed by atoms with E-state index in [0.717, 1.165) is 0 Å². The molecule has 4 nitrogen and oxygen atoms in total. The van der Waals surface area contributed by atoms with Crippen LogP contribution in [0.2, 0.25) is 0 Å².